The highest BCUT2D eigenvalue weighted by atomic mass is 35.5. The average molecular weight is 340 g/mol. The first-order chi connectivity index (χ1) is 11.0. The van der Waals surface area contributed by atoms with E-state index < -0.39 is 0 Å². The van der Waals surface area contributed by atoms with Crippen LogP contribution in [-0.4, -0.2) is 56.2 Å². The van der Waals surface area contributed by atoms with Crippen LogP contribution in [0.15, 0.2) is 18.2 Å². The normalized spacial score (nSPS) is 18.5. The fourth-order valence-electron chi connectivity index (χ4n) is 2.98. The van der Waals surface area contributed by atoms with Gasteiger partial charge in [-0.25, -0.2) is 4.79 Å². The Morgan fingerprint density at radius 1 is 1.52 bits per heavy atom. The Balaban J connectivity index is 1.96. The van der Waals surface area contributed by atoms with Gasteiger partial charge < -0.3 is 19.9 Å². The lowest BCUT2D eigenvalue weighted by atomic mass is 9.98. The monoisotopic (exact) mass is 339 g/mol. The van der Waals surface area contributed by atoms with Gasteiger partial charge in [-0.3, -0.25) is 0 Å². The van der Waals surface area contributed by atoms with E-state index in [1.807, 2.05) is 14.0 Å². The van der Waals surface area contributed by atoms with Crippen LogP contribution in [-0.2, 0) is 0 Å². The number of halogens is 1. The second kappa shape index (κ2) is 8.41. The van der Waals surface area contributed by atoms with Crippen LogP contribution in [0.3, 0.4) is 0 Å². The van der Waals surface area contributed by atoms with Gasteiger partial charge in [-0.1, -0.05) is 11.6 Å². The van der Waals surface area contributed by atoms with E-state index in [4.69, 9.17) is 16.3 Å². The molecule has 2 amide bonds. The Morgan fingerprint density at radius 3 is 3.00 bits per heavy atom. The third-order valence-corrected chi connectivity index (χ3v) is 4.32. The highest BCUT2D eigenvalue weighted by Crippen LogP contribution is 2.28. The molecule has 0 unspecified atom stereocenters. The molecule has 1 aliphatic heterocycles. The van der Waals surface area contributed by atoms with E-state index in [0.717, 1.165) is 19.6 Å². The van der Waals surface area contributed by atoms with Crippen molar-refractivity contribution in [3.05, 3.63) is 23.2 Å². The first-order valence-corrected chi connectivity index (χ1v) is 8.50. The molecule has 0 aromatic heterocycles. The molecule has 1 atom stereocenters. The Labute approximate surface area is 143 Å². The number of hydrogen-bond acceptors (Lipinski definition) is 3. The Hall–Kier alpha value is -1.46. The first-order valence-electron chi connectivity index (χ1n) is 8.12. The number of benzene rings is 1. The quantitative estimate of drug-likeness (QED) is 0.892. The highest BCUT2D eigenvalue weighted by molar-refractivity contribution is 6.31. The summed E-state index contributed by atoms with van der Waals surface area (Å²) in [6.45, 7) is 5.38. The predicted molar refractivity (Wildman–Crippen MR) is 94.5 cm³/mol. The summed E-state index contributed by atoms with van der Waals surface area (Å²) in [5.41, 5.74) is 0.608. The molecular weight excluding hydrogens is 314 g/mol. The number of anilines is 1. The number of hydrogen-bond donors (Lipinski definition) is 1. The van der Waals surface area contributed by atoms with Crippen LogP contribution in [0, 0.1) is 5.92 Å². The number of nitrogens with zero attached hydrogens (tertiary/aromatic N) is 2. The zero-order chi connectivity index (χ0) is 16.8. The maximum Gasteiger partial charge on any atom is 0.321 e. The molecule has 0 spiro atoms. The predicted octanol–water partition coefficient (Wildman–Crippen LogP) is 3.54. The van der Waals surface area contributed by atoms with Crippen LogP contribution >= 0.6 is 11.6 Å². The molecule has 2 rings (SSSR count). The van der Waals surface area contributed by atoms with Gasteiger partial charge in [0.05, 0.1) is 12.3 Å². The zero-order valence-corrected chi connectivity index (χ0v) is 14.9. The average Bonchev–Trinajstić information content (AvgIpc) is 2.50. The molecule has 1 saturated heterocycles. The maximum absolute atomic E-state index is 12.4. The van der Waals surface area contributed by atoms with Crippen LogP contribution in [0.2, 0.25) is 5.02 Å². The lowest BCUT2D eigenvalue weighted by Gasteiger charge is -2.32. The van der Waals surface area contributed by atoms with Crippen molar-refractivity contribution in [1.82, 2.24) is 9.80 Å². The third kappa shape index (κ3) is 5.29. The van der Waals surface area contributed by atoms with Crippen molar-refractivity contribution in [2.24, 2.45) is 5.92 Å². The number of urea groups is 1. The summed E-state index contributed by atoms with van der Waals surface area (Å²) >= 11 is 6.03. The number of carbonyl (C=O) groups excluding carboxylic acids is 1. The SMILES string of the molecule is CCOc1ccc(Cl)cc1NC(=O)N(C)C[C@@H]1CCCN(C)C1. The molecule has 0 bridgehead atoms. The lowest BCUT2D eigenvalue weighted by Crippen LogP contribution is -2.41. The Morgan fingerprint density at radius 2 is 2.30 bits per heavy atom. The molecule has 1 aromatic carbocycles. The summed E-state index contributed by atoms with van der Waals surface area (Å²) in [5, 5.41) is 3.47. The molecule has 6 heteroatoms. The van der Waals surface area contributed by atoms with Crippen molar-refractivity contribution in [2.45, 2.75) is 19.8 Å². The van der Waals surface area contributed by atoms with Crippen molar-refractivity contribution in [3.8, 4) is 5.75 Å². The fourth-order valence-corrected chi connectivity index (χ4v) is 3.16. The summed E-state index contributed by atoms with van der Waals surface area (Å²) in [7, 11) is 3.96. The minimum absolute atomic E-state index is 0.138. The van der Waals surface area contributed by atoms with E-state index >= 15 is 0 Å². The summed E-state index contributed by atoms with van der Waals surface area (Å²) in [5.74, 6) is 1.16. The second-order valence-corrected chi connectivity index (χ2v) is 6.59. The van der Waals surface area contributed by atoms with Gasteiger partial charge >= 0.3 is 6.03 Å². The lowest BCUT2D eigenvalue weighted by molar-refractivity contribution is 0.170. The van der Waals surface area contributed by atoms with Crippen LogP contribution in [0.5, 0.6) is 5.75 Å². The van der Waals surface area contributed by atoms with Crippen LogP contribution in [0.25, 0.3) is 0 Å². The van der Waals surface area contributed by atoms with E-state index in [1.165, 1.54) is 12.8 Å². The van der Waals surface area contributed by atoms with Gasteiger partial charge in [0.2, 0.25) is 0 Å². The van der Waals surface area contributed by atoms with Gasteiger partial charge in [-0.15, -0.1) is 0 Å². The van der Waals surface area contributed by atoms with Crippen molar-refractivity contribution in [1.29, 1.82) is 0 Å². The number of amides is 2. The van der Waals surface area contributed by atoms with E-state index in [0.29, 0.717) is 29.0 Å². The topological polar surface area (TPSA) is 44.8 Å². The summed E-state index contributed by atoms with van der Waals surface area (Å²) < 4.78 is 5.54. The molecule has 1 aromatic rings. The summed E-state index contributed by atoms with van der Waals surface area (Å²) in [6, 6.07) is 5.11. The Kier molecular flexibility index (Phi) is 6.54. The van der Waals surface area contributed by atoms with E-state index in [2.05, 4.69) is 17.3 Å². The minimum atomic E-state index is -0.138. The number of ether oxygens (including phenoxy) is 1. The molecule has 23 heavy (non-hydrogen) atoms. The molecule has 5 nitrogen and oxygen atoms in total. The number of piperidine rings is 1. The Bertz CT molecular complexity index is 539. The molecule has 1 aliphatic rings. The van der Waals surface area contributed by atoms with Gasteiger partial charge in [0, 0.05) is 25.2 Å². The van der Waals surface area contributed by atoms with E-state index in [1.54, 1.807) is 23.1 Å². The summed E-state index contributed by atoms with van der Waals surface area (Å²) in [4.78, 5) is 16.5. The molecule has 0 saturated carbocycles. The van der Waals surface area contributed by atoms with Gasteiger partial charge in [-0.2, -0.15) is 0 Å². The van der Waals surface area contributed by atoms with Gasteiger partial charge in [0.25, 0.3) is 0 Å². The third-order valence-electron chi connectivity index (χ3n) is 4.08. The summed E-state index contributed by atoms with van der Waals surface area (Å²) in [6.07, 6.45) is 2.36. The molecular formula is C17H26ClN3O2. The maximum atomic E-state index is 12.4. The van der Waals surface area contributed by atoms with Gasteiger partial charge in [-0.05, 0) is 57.5 Å². The van der Waals surface area contributed by atoms with Crippen LogP contribution in [0.4, 0.5) is 10.5 Å². The molecule has 1 heterocycles. The van der Waals surface area contributed by atoms with Gasteiger partial charge in [0.15, 0.2) is 0 Å². The smallest absolute Gasteiger partial charge is 0.321 e. The molecule has 128 valence electrons. The number of carbonyl (C=O) groups is 1. The zero-order valence-electron chi connectivity index (χ0n) is 14.1. The van der Waals surface area contributed by atoms with Crippen molar-refractivity contribution in [2.75, 3.05) is 45.7 Å². The van der Waals surface area contributed by atoms with Crippen LogP contribution in [0.1, 0.15) is 19.8 Å². The highest BCUT2D eigenvalue weighted by Gasteiger charge is 2.21. The number of nitrogens with one attached hydrogen (secondary N) is 1. The van der Waals surface area contributed by atoms with Crippen LogP contribution < -0.4 is 10.1 Å². The van der Waals surface area contributed by atoms with Gasteiger partial charge in [0.1, 0.15) is 5.75 Å². The van der Waals surface area contributed by atoms with E-state index in [-0.39, 0.29) is 6.03 Å². The van der Waals surface area contributed by atoms with Crippen molar-refractivity contribution < 1.29 is 9.53 Å². The number of rotatable bonds is 5. The van der Waals surface area contributed by atoms with E-state index in [9.17, 15) is 4.79 Å². The minimum Gasteiger partial charge on any atom is -0.492 e. The molecule has 1 N–H and O–H groups in total. The van der Waals surface area contributed by atoms with Crippen molar-refractivity contribution in [3.63, 3.8) is 0 Å². The van der Waals surface area contributed by atoms with Crippen molar-refractivity contribution >= 4 is 23.3 Å². The standard InChI is InChI=1S/C17H26ClN3O2/c1-4-23-16-8-7-14(18)10-15(16)19-17(22)21(3)12-13-6-5-9-20(2)11-13/h7-8,10,13H,4-6,9,11-12H2,1-3H3,(H,19,22)/t13-/m1/s1. The molecule has 0 radical (unpaired) electrons. The molecule has 1 fully saturated rings. The fraction of sp³-hybridized carbons (Fsp3) is 0.588. The molecule has 0 aliphatic carbocycles. The largest absolute Gasteiger partial charge is 0.492 e. The second-order valence-electron chi connectivity index (χ2n) is 6.15. The number of likely N-dealkylation sites (tertiary alicyclic amines) is 1. The first kappa shape index (κ1) is 17.9.